The summed E-state index contributed by atoms with van der Waals surface area (Å²) in [6, 6.07) is 10.6. The number of carbonyl (C=O) groups is 1. The van der Waals surface area contributed by atoms with Crippen LogP contribution in [0, 0.1) is 13.8 Å². The van der Waals surface area contributed by atoms with Gasteiger partial charge in [-0.3, -0.25) is 4.79 Å². The summed E-state index contributed by atoms with van der Waals surface area (Å²) in [6.45, 7) is 3.69. The average Bonchev–Trinajstić information content (AvgIpc) is 2.68. The van der Waals surface area contributed by atoms with E-state index < -0.39 is 11.7 Å². The molecule has 1 N–H and O–H groups in total. The van der Waals surface area contributed by atoms with E-state index in [1.54, 1.807) is 6.07 Å². The van der Waals surface area contributed by atoms with Crippen molar-refractivity contribution in [2.24, 2.45) is 0 Å². The van der Waals surface area contributed by atoms with Crippen molar-refractivity contribution >= 4 is 46.6 Å². The highest BCUT2D eigenvalue weighted by Crippen LogP contribution is 2.37. The molecule has 30 heavy (non-hydrogen) atoms. The van der Waals surface area contributed by atoms with E-state index in [0.29, 0.717) is 11.3 Å². The molecule has 0 aliphatic heterocycles. The Balaban J connectivity index is 1.92. The molecule has 0 atom stereocenters. The number of carbonyl (C=O) groups excluding carboxylic acids is 1. The van der Waals surface area contributed by atoms with E-state index >= 15 is 0 Å². The molecule has 0 fully saturated rings. The molecular formula is C21H15Cl2F3N2OS. The van der Waals surface area contributed by atoms with Crippen molar-refractivity contribution in [1.82, 2.24) is 4.98 Å². The van der Waals surface area contributed by atoms with Crippen LogP contribution < -0.4 is 4.72 Å². The number of aromatic nitrogens is 1. The van der Waals surface area contributed by atoms with Crippen LogP contribution in [-0.4, -0.2) is 10.8 Å². The van der Waals surface area contributed by atoms with Gasteiger partial charge >= 0.3 is 6.18 Å². The molecule has 0 radical (unpaired) electrons. The molecule has 0 aliphatic rings. The van der Waals surface area contributed by atoms with Crippen molar-refractivity contribution in [2.45, 2.75) is 24.9 Å². The summed E-state index contributed by atoms with van der Waals surface area (Å²) in [7, 11) is 0. The van der Waals surface area contributed by atoms with Crippen molar-refractivity contribution < 1.29 is 18.0 Å². The lowest BCUT2D eigenvalue weighted by atomic mass is 9.99. The van der Waals surface area contributed by atoms with E-state index in [1.165, 1.54) is 24.4 Å². The van der Waals surface area contributed by atoms with Gasteiger partial charge in [-0.15, -0.1) is 0 Å². The molecule has 0 amide bonds. The Morgan fingerprint density at radius 1 is 1.07 bits per heavy atom. The van der Waals surface area contributed by atoms with E-state index in [1.807, 2.05) is 26.0 Å². The van der Waals surface area contributed by atoms with Gasteiger partial charge in [-0.25, -0.2) is 4.98 Å². The molecule has 0 spiro atoms. The third-order valence-electron chi connectivity index (χ3n) is 4.23. The highest BCUT2D eigenvalue weighted by molar-refractivity contribution is 8.00. The maximum Gasteiger partial charge on any atom is 0.417 e. The Hall–Kier alpha value is -2.22. The van der Waals surface area contributed by atoms with E-state index in [-0.39, 0.29) is 26.4 Å². The standard InChI is InChI=1S/C21H15Cl2F3N2OS/c1-11-3-4-12(2)15(7-11)20(29)19-18(8-13(22)10-27-19)28-30-14-5-6-17(23)16(9-14)21(24,25)26/h3-10,28H,1-2H3. The maximum atomic E-state index is 13.1. The van der Waals surface area contributed by atoms with E-state index in [0.717, 1.165) is 29.1 Å². The minimum Gasteiger partial charge on any atom is -0.324 e. The monoisotopic (exact) mass is 470 g/mol. The average molecular weight is 471 g/mol. The summed E-state index contributed by atoms with van der Waals surface area (Å²) in [4.78, 5) is 17.5. The van der Waals surface area contributed by atoms with E-state index in [9.17, 15) is 18.0 Å². The molecule has 3 rings (SSSR count). The second-order valence-corrected chi connectivity index (χ2v) is 8.26. The molecule has 9 heteroatoms. The molecule has 0 saturated heterocycles. The molecule has 0 aliphatic carbocycles. The molecule has 1 aromatic heterocycles. The van der Waals surface area contributed by atoms with Gasteiger partial charge < -0.3 is 4.72 Å². The Labute approximate surface area is 185 Å². The fraction of sp³-hybridized carbons (Fsp3) is 0.143. The number of nitrogens with zero attached hydrogens (tertiary/aromatic N) is 1. The number of anilines is 1. The minimum atomic E-state index is -4.57. The molecule has 1 heterocycles. The summed E-state index contributed by atoms with van der Waals surface area (Å²) < 4.78 is 42.2. The SMILES string of the molecule is Cc1ccc(C)c(C(=O)c2ncc(Cl)cc2NSc2ccc(Cl)c(C(F)(F)F)c2)c1. The summed E-state index contributed by atoms with van der Waals surface area (Å²) in [6.07, 6.45) is -3.23. The number of hydrogen-bond acceptors (Lipinski definition) is 4. The molecule has 0 saturated carbocycles. The predicted octanol–water partition coefficient (Wildman–Crippen LogP) is 7.37. The molecule has 0 bridgehead atoms. The quantitative estimate of drug-likeness (QED) is 0.312. The number of rotatable bonds is 5. The van der Waals surface area contributed by atoms with Crippen LogP contribution in [0.5, 0.6) is 0 Å². The van der Waals surface area contributed by atoms with Crippen molar-refractivity contribution in [2.75, 3.05) is 4.72 Å². The summed E-state index contributed by atoms with van der Waals surface area (Å²) >= 11 is 12.6. The van der Waals surface area contributed by atoms with Crippen molar-refractivity contribution in [1.29, 1.82) is 0 Å². The van der Waals surface area contributed by atoms with Gasteiger partial charge in [-0.1, -0.05) is 40.9 Å². The highest BCUT2D eigenvalue weighted by atomic mass is 35.5. The maximum absolute atomic E-state index is 13.1. The van der Waals surface area contributed by atoms with Crippen LogP contribution in [0.4, 0.5) is 18.9 Å². The van der Waals surface area contributed by atoms with Gasteiger partial charge in [-0.05, 0) is 61.7 Å². The first-order valence-electron chi connectivity index (χ1n) is 8.63. The normalized spacial score (nSPS) is 11.4. The summed E-state index contributed by atoms with van der Waals surface area (Å²) in [5.74, 6) is -0.317. The number of aryl methyl sites for hydroxylation is 2. The van der Waals surface area contributed by atoms with E-state index in [4.69, 9.17) is 23.2 Å². The van der Waals surface area contributed by atoms with Crippen LogP contribution in [0.25, 0.3) is 0 Å². The zero-order chi connectivity index (χ0) is 22.1. The van der Waals surface area contributed by atoms with Gasteiger partial charge in [0.1, 0.15) is 5.69 Å². The zero-order valence-corrected chi connectivity index (χ0v) is 18.1. The van der Waals surface area contributed by atoms with Crippen molar-refractivity contribution in [3.05, 3.63) is 86.7 Å². The number of ketones is 1. The van der Waals surface area contributed by atoms with Crippen molar-refractivity contribution in [3.8, 4) is 0 Å². The second kappa shape index (κ2) is 8.88. The Bertz CT molecular complexity index is 1120. The Morgan fingerprint density at radius 2 is 1.80 bits per heavy atom. The van der Waals surface area contributed by atoms with E-state index in [2.05, 4.69) is 9.71 Å². The number of nitrogens with one attached hydrogen (secondary N) is 1. The zero-order valence-electron chi connectivity index (χ0n) is 15.8. The number of pyridine rings is 1. The number of alkyl halides is 3. The third kappa shape index (κ3) is 5.09. The fourth-order valence-corrected chi connectivity index (χ4v) is 3.78. The molecule has 156 valence electrons. The van der Waals surface area contributed by atoms with Crippen LogP contribution >= 0.6 is 35.1 Å². The Kier molecular flexibility index (Phi) is 6.65. The molecule has 0 unspecified atom stereocenters. The largest absolute Gasteiger partial charge is 0.417 e. The van der Waals surface area contributed by atoms with Gasteiger partial charge in [-0.2, -0.15) is 13.2 Å². The van der Waals surface area contributed by atoms with Gasteiger partial charge in [0.15, 0.2) is 0 Å². The first kappa shape index (κ1) is 22.5. The smallest absolute Gasteiger partial charge is 0.324 e. The predicted molar refractivity (Wildman–Crippen MR) is 115 cm³/mol. The summed E-state index contributed by atoms with van der Waals surface area (Å²) in [5, 5.41) is -0.107. The lowest BCUT2D eigenvalue weighted by Gasteiger charge is -2.13. The van der Waals surface area contributed by atoms with Crippen LogP contribution in [0.1, 0.15) is 32.7 Å². The molecular weight excluding hydrogens is 456 g/mol. The van der Waals surface area contributed by atoms with Gasteiger partial charge in [0.05, 0.1) is 21.3 Å². The van der Waals surface area contributed by atoms with Crippen LogP contribution in [0.2, 0.25) is 10.0 Å². The first-order valence-corrected chi connectivity index (χ1v) is 10.2. The van der Waals surface area contributed by atoms with Gasteiger partial charge in [0.25, 0.3) is 0 Å². The molecule has 2 aromatic carbocycles. The van der Waals surface area contributed by atoms with Gasteiger partial charge in [0.2, 0.25) is 5.78 Å². The third-order valence-corrected chi connectivity index (χ3v) is 5.58. The number of hydrogen-bond donors (Lipinski definition) is 1. The molecule has 3 nitrogen and oxygen atoms in total. The minimum absolute atomic E-state index is 0.116. The second-order valence-electron chi connectivity index (χ2n) is 6.54. The van der Waals surface area contributed by atoms with Crippen LogP contribution in [0.15, 0.2) is 53.6 Å². The number of halogens is 5. The molecule has 3 aromatic rings. The highest BCUT2D eigenvalue weighted by Gasteiger charge is 2.33. The number of benzene rings is 2. The fourth-order valence-electron chi connectivity index (χ4n) is 2.71. The summed E-state index contributed by atoms with van der Waals surface area (Å²) in [5.41, 5.74) is 1.67. The van der Waals surface area contributed by atoms with Crippen LogP contribution in [-0.2, 0) is 6.18 Å². The lowest BCUT2D eigenvalue weighted by molar-refractivity contribution is -0.137. The lowest BCUT2D eigenvalue weighted by Crippen LogP contribution is -2.09. The van der Waals surface area contributed by atoms with Gasteiger partial charge in [0, 0.05) is 16.7 Å². The van der Waals surface area contributed by atoms with Crippen LogP contribution in [0.3, 0.4) is 0 Å². The topological polar surface area (TPSA) is 42.0 Å². The van der Waals surface area contributed by atoms with Crippen molar-refractivity contribution in [3.63, 3.8) is 0 Å². The Morgan fingerprint density at radius 3 is 2.50 bits per heavy atom. The first-order chi connectivity index (χ1) is 14.1.